The molecule has 12 aromatic rings. The van der Waals surface area contributed by atoms with Crippen molar-refractivity contribution in [2.45, 2.75) is 18.9 Å². The Hall–Kier alpha value is -13.4. The number of likely N-dealkylation sites (N-methyl/N-ethyl adjacent to an activating group) is 3. The summed E-state index contributed by atoms with van der Waals surface area (Å²) in [5, 5.41) is 18.9. The van der Waals surface area contributed by atoms with E-state index in [1.165, 1.54) is 42.7 Å². The van der Waals surface area contributed by atoms with Crippen molar-refractivity contribution in [2.24, 2.45) is 0 Å². The smallest absolute Gasteiger partial charge is 0.247 e. The monoisotopic (exact) mass is 1640 g/mol. The fourth-order valence-electron chi connectivity index (χ4n) is 13.3. The van der Waals surface area contributed by atoms with Gasteiger partial charge >= 0.3 is 0 Å². The summed E-state index contributed by atoms with van der Waals surface area (Å²) in [6.07, 6.45) is 12.6. The topological polar surface area (TPSA) is 331 Å². The minimum Gasteiger partial charge on any atom is -0.438 e. The lowest BCUT2D eigenvalue weighted by Gasteiger charge is -2.34. The molecule has 3 saturated heterocycles. The number of benzene rings is 6. The van der Waals surface area contributed by atoms with E-state index in [1.54, 1.807) is 97.1 Å². The number of nitrogens with zero attached hydrogens (tertiary/aromatic N) is 15. The van der Waals surface area contributed by atoms with Crippen LogP contribution in [0.1, 0.15) is 18.9 Å². The first-order valence-electron chi connectivity index (χ1n) is 37.8. The van der Waals surface area contributed by atoms with E-state index >= 15 is 8.78 Å². The second-order valence-corrected chi connectivity index (χ2v) is 32.3. The molecular weight excluding hydrogens is 1550 g/mol. The molecule has 0 bridgehead atoms. The molecule has 16 rings (SSSR count). The van der Waals surface area contributed by atoms with Gasteiger partial charge in [-0.05, 0) is 167 Å². The molecule has 0 radical (unpaired) electrons. The number of hydrogen-bond donors (Lipinski definition) is 6. The lowest BCUT2D eigenvalue weighted by atomic mass is 10.2. The van der Waals surface area contributed by atoms with Crippen LogP contribution in [0.15, 0.2) is 208 Å². The molecule has 3 aliphatic heterocycles. The zero-order chi connectivity index (χ0) is 82.9. The fraction of sp³-hybridized carbons (Fsp3) is 0.241. The Morgan fingerprint density at radius 3 is 1.10 bits per heavy atom. The highest BCUT2D eigenvalue weighted by Crippen LogP contribution is 2.41. The number of amides is 3. The Bertz CT molecular complexity index is 6020. The van der Waals surface area contributed by atoms with E-state index in [0.717, 1.165) is 140 Å². The summed E-state index contributed by atoms with van der Waals surface area (Å²) in [6.45, 7) is 20.9. The van der Waals surface area contributed by atoms with Crippen molar-refractivity contribution in [1.29, 1.82) is 0 Å². The van der Waals surface area contributed by atoms with Gasteiger partial charge in [0.15, 0.2) is 11.3 Å². The fourth-order valence-corrected chi connectivity index (χ4v) is 14.8. The SMILES string of the molecule is C=CC(=O)Nc1cccc(Oc2nc(Nc3ccc(N4CCN(C)CC4)c(F)c3)nc3c2ccn3C2CC2)c1.C=CC(=O)Nc1cccc(Oc2nc(Nc3ccc(N4CCN(C)CC4)c(F)c3)nc3c2ccn3S(C)(=O)=O)c1.C=CC(=O)Nc1cccc(Oc2nc(Nc3ccc(N4CCN(C)CC4)cc3)nc3c2ccn3S(C)(=O)=O)c1. The molecule has 6 aromatic heterocycles. The van der Waals surface area contributed by atoms with E-state index in [4.69, 9.17) is 19.2 Å². The minimum atomic E-state index is -3.70. The van der Waals surface area contributed by atoms with Crippen LogP contribution in [0.5, 0.6) is 34.9 Å². The van der Waals surface area contributed by atoms with Crippen LogP contribution in [-0.4, -0.2) is 204 Å². The van der Waals surface area contributed by atoms with Gasteiger partial charge in [0.1, 0.15) is 34.5 Å². The van der Waals surface area contributed by atoms with Crippen molar-refractivity contribution < 1.29 is 54.2 Å². The van der Waals surface area contributed by atoms with Crippen molar-refractivity contribution in [1.82, 2.24) is 57.1 Å². The number of ether oxygens (including phenoxy) is 3. The third kappa shape index (κ3) is 19.9. The molecule has 6 aromatic carbocycles. The molecule has 1 saturated carbocycles. The number of nitrogens with one attached hydrogen (secondary N) is 6. The molecule has 0 atom stereocenters. The van der Waals surface area contributed by atoms with Gasteiger partial charge in [0.25, 0.3) is 0 Å². The van der Waals surface area contributed by atoms with E-state index in [-0.39, 0.29) is 58.5 Å². The molecule has 0 unspecified atom stereocenters. The third-order valence-corrected chi connectivity index (χ3v) is 21.8. The Kier molecular flexibility index (Phi) is 24.4. The van der Waals surface area contributed by atoms with E-state index in [2.05, 4.69) is 120 Å². The number of aromatic nitrogens is 9. The molecule has 118 heavy (non-hydrogen) atoms. The number of carbonyl (C=O) groups is 3. The molecule has 35 heteroatoms. The summed E-state index contributed by atoms with van der Waals surface area (Å²) < 4.78 is 102. The zero-order valence-electron chi connectivity index (χ0n) is 65.4. The maximum absolute atomic E-state index is 15.1. The molecule has 31 nitrogen and oxygen atoms in total. The first-order valence-corrected chi connectivity index (χ1v) is 41.5. The number of carbonyl (C=O) groups excluding carboxylic acids is 3. The molecule has 610 valence electrons. The van der Waals surface area contributed by atoms with Crippen LogP contribution in [-0.2, 0) is 34.4 Å². The van der Waals surface area contributed by atoms with Gasteiger partial charge < -0.3 is 80.1 Å². The largest absolute Gasteiger partial charge is 0.438 e. The average molecular weight is 1640 g/mol. The van der Waals surface area contributed by atoms with Gasteiger partial charge in [-0.3, -0.25) is 14.4 Å². The maximum Gasteiger partial charge on any atom is 0.247 e. The van der Waals surface area contributed by atoms with Gasteiger partial charge in [-0.1, -0.05) is 37.9 Å². The summed E-state index contributed by atoms with van der Waals surface area (Å²) in [5.74, 6) is 0.572. The van der Waals surface area contributed by atoms with E-state index in [9.17, 15) is 31.2 Å². The number of fused-ring (bicyclic) bond motifs is 3. The van der Waals surface area contributed by atoms with Crippen molar-refractivity contribution in [3.63, 3.8) is 0 Å². The second kappa shape index (κ2) is 35.4. The summed E-state index contributed by atoms with van der Waals surface area (Å²) >= 11 is 0. The first-order chi connectivity index (χ1) is 56.8. The highest BCUT2D eigenvalue weighted by Gasteiger charge is 2.29. The van der Waals surface area contributed by atoms with Crippen molar-refractivity contribution >= 4 is 140 Å². The minimum absolute atomic E-state index is 0.00830. The van der Waals surface area contributed by atoms with Crippen molar-refractivity contribution in [3.8, 4) is 34.9 Å². The van der Waals surface area contributed by atoms with Crippen molar-refractivity contribution in [2.75, 3.05) is 159 Å². The van der Waals surface area contributed by atoms with Crippen LogP contribution in [0.25, 0.3) is 33.1 Å². The summed E-state index contributed by atoms with van der Waals surface area (Å²) in [4.78, 5) is 75.6. The van der Waals surface area contributed by atoms with Crippen LogP contribution in [0, 0.1) is 11.6 Å². The Morgan fingerprint density at radius 2 is 0.746 bits per heavy atom. The lowest BCUT2D eigenvalue weighted by molar-refractivity contribution is -0.112. The summed E-state index contributed by atoms with van der Waals surface area (Å²) in [6, 6.07) is 43.7. The van der Waals surface area contributed by atoms with Gasteiger partial charge in [-0.15, -0.1) is 0 Å². The molecule has 1 aliphatic carbocycles. The number of anilines is 12. The quantitative estimate of drug-likeness (QED) is 0.0306. The van der Waals surface area contributed by atoms with Gasteiger partial charge in [-0.25, -0.2) is 33.6 Å². The second-order valence-electron chi connectivity index (χ2n) is 28.6. The maximum atomic E-state index is 15.1. The van der Waals surface area contributed by atoms with Gasteiger partial charge in [0.05, 0.1) is 40.0 Å². The molecule has 9 heterocycles. The average Bonchev–Trinajstić information content (AvgIpc) is 1.61. The van der Waals surface area contributed by atoms with Gasteiger partial charge in [0.2, 0.25) is 73.3 Å². The first kappa shape index (κ1) is 81.2. The normalized spacial score (nSPS) is 14.8. The Balaban J connectivity index is 0.000000145. The summed E-state index contributed by atoms with van der Waals surface area (Å²) in [7, 11) is -1.10. The van der Waals surface area contributed by atoms with Crippen LogP contribution >= 0.6 is 0 Å². The summed E-state index contributed by atoms with van der Waals surface area (Å²) in [5.41, 5.74) is 6.47. The van der Waals surface area contributed by atoms with Crippen LogP contribution in [0.4, 0.5) is 77.8 Å². The van der Waals surface area contributed by atoms with E-state index in [1.807, 2.05) is 54.5 Å². The molecule has 6 N–H and O–H groups in total. The molecule has 4 fully saturated rings. The zero-order valence-corrected chi connectivity index (χ0v) is 67.0. The Labute approximate surface area is 680 Å². The van der Waals surface area contributed by atoms with Crippen molar-refractivity contribution in [3.05, 3.63) is 220 Å². The van der Waals surface area contributed by atoms with Crippen LogP contribution in [0.2, 0.25) is 0 Å². The number of piperazine rings is 3. The predicted octanol–water partition coefficient (Wildman–Crippen LogP) is 12.8. The lowest BCUT2D eigenvalue weighted by Crippen LogP contribution is -2.44. The van der Waals surface area contributed by atoms with Gasteiger partial charge in [-0.2, -0.15) is 29.9 Å². The highest BCUT2D eigenvalue weighted by molar-refractivity contribution is 7.89. The molecule has 3 amide bonds. The highest BCUT2D eigenvalue weighted by atomic mass is 32.2. The standard InChI is InChI=1S/C29H30FN7O2.C27H28FN7O4S.C27H29N7O4S/c1-3-26(38)31-19-5-4-6-22(17-19)39-28-23-11-12-37(21-8-9-21)27(23)33-29(34-28)32-20-7-10-25(24(30)18-20)36-15-13-35(2)14-16-36;1-4-24(36)29-18-6-5-7-20(16-18)39-26-21-10-11-35(40(3,37)38)25(21)31-27(32-26)30-19-8-9-23(22(28)17-19)34-14-12-33(2)13-15-34;1-4-24(35)28-20-6-5-7-22(18-20)38-26-23-12-13-34(39(3,36)37)25(23)30-27(31-26)29-19-8-10-21(11-9-19)33-16-14-32(2)15-17-33/h3-7,10-12,17-18,21H,1,8-9,13-16H2,2H3,(H,31,38)(H,32,33,34);4-11,16-17H,1,12-15H2,2-3H3,(H,29,36)(H,30,31,32);4-13,18H,1,14-17H2,2-3H3,(H,28,35)(H,29,30,31). The number of hydrogen-bond acceptors (Lipinski definition) is 25. The Morgan fingerprint density at radius 1 is 0.407 bits per heavy atom. The van der Waals surface area contributed by atoms with Crippen LogP contribution in [0.3, 0.4) is 0 Å². The molecular formula is C83H87F2N21O10S2. The molecule has 0 spiro atoms. The third-order valence-electron chi connectivity index (χ3n) is 19.7. The number of rotatable bonds is 24. The molecule has 4 aliphatic rings. The van der Waals surface area contributed by atoms with Gasteiger partial charge in [0, 0.05) is 161 Å². The van der Waals surface area contributed by atoms with Crippen LogP contribution < -0.4 is 60.8 Å². The predicted molar refractivity (Wildman–Crippen MR) is 456 cm³/mol. The number of halogens is 2. The van der Waals surface area contributed by atoms with E-state index in [0.29, 0.717) is 85.7 Å². The van der Waals surface area contributed by atoms with E-state index < -0.39 is 25.9 Å².